The van der Waals surface area contributed by atoms with E-state index in [1.807, 2.05) is 18.2 Å². The quantitative estimate of drug-likeness (QED) is 0.456. The van der Waals surface area contributed by atoms with Crippen molar-refractivity contribution in [1.29, 1.82) is 0 Å². The molecule has 0 saturated carbocycles. The van der Waals surface area contributed by atoms with Crippen molar-refractivity contribution in [1.82, 2.24) is 0 Å². The molecule has 0 aliphatic rings. The van der Waals surface area contributed by atoms with Crippen LogP contribution < -0.4 is 10.5 Å². The first-order valence-corrected chi connectivity index (χ1v) is 8.30. The lowest BCUT2D eigenvalue weighted by molar-refractivity contribution is 0.316. The number of benzene rings is 2. The molecule has 0 unspecified atom stereocenters. The number of hydrogen-bond acceptors (Lipinski definition) is 3. The van der Waals surface area contributed by atoms with Crippen molar-refractivity contribution in [2.45, 2.75) is 25.2 Å². The molecule has 0 saturated heterocycles. The summed E-state index contributed by atoms with van der Waals surface area (Å²) in [7, 11) is 0. The largest absolute Gasteiger partial charge is 0.493 e. The Balaban J connectivity index is 1.75. The Bertz CT molecular complexity index is 616. The molecule has 0 aliphatic carbocycles. The third-order valence-electron chi connectivity index (χ3n) is 3.13. The molecule has 0 amide bonds. The van der Waals surface area contributed by atoms with Gasteiger partial charge in [0.05, 0.1) is 17.3 Å². The average Bonchev–Trinajstić information content (AvgIpc) is 2.46. The fourth-order valence-electron chi connectivity index (χ4n) is 1.89. The predicted octanol–water partition coefficient (Wildman–Crippen LogP) is 5.10. The van der Waals surface area contributed by atoms with Gasteiger partial charge in [-0.3, -0.25) is 0 Å². The standard InChI is InChI=1S/C17H20ClNOS/c1-12-4-5-13(2)17(10-12)20-8-3-9-21-14-6-7-16(19)15(18)11-14/h4-7,10-11H,3,8-9,19H2,1-2H3. The molecule has 2 nitrogen and oxygen atoms in total. The molecule has 0 aromatic heterocycles. The zero-order valence-corrected chi connectivity index (χ0v) is 13.9. The number of hydrogen-bond donors (Lipinski definition) is 1. The zero-order valence-electron chi connectivity index (χ0n) is 12.4. The number of rotatable bonds is 6. The van der Waals surface area contributed by atoms with Gasteiger partial charge in [-0.05, 0) is 55.7 Å². The lowest BCUT2D eigenvalue weighted by atomic mass is 10.1. The monoisotopic (exact) mass is 321 g/mol. The van der Waals surface area contributed by atoms with Crippen LogP contribution >= 0.6 is 23.4 Å². The number of aryl methyl sites for hydroxylation is 2. The number of thioether (sulfide) groups is 1. The van der Waals surface area contributed by atoms with Crippen LogP contribution in [0.25, 0.3) is 0 Å². The molecule has 0 heterocycles. The molecule has 0 radical (unpaired) electrons. The number of nitrogens with two attached hydrogens (primary N) is 1. The fourth-order valence-corrected chi connectivity index (χ4v) is 3.00. The lowest BCUT2D eigenvalue weighted by Gasteiger charge is -2.10. The van der Waals surface area contributed by atoms with Crippen molar-refractivity contribution in [3.63, 3.8) is 0 Å². The molecule has 4 heteroatoms. The Morgan fingerprint density at radius 3 is 2.71 bits per heavy atom. The first-order valence-electron chi connectivity index (χ1n) is 6.94. The van der Waals surface area contributed by atoms with Gasteiger partial charge in [0.25, 0.3) is 0 Å². The molecule has 112 valence electrons. The smallest absolute Gasteiger partial charge is 0.122 e. The second-order valence-electron chi connectivity index (χ2n) is 5.00. The maximum Gasteiger partial charge on any atom is 0.122 e. The Morgan fingerprint density at radius 1 is 1.14 bits per heavy atom. The maximum atomic E-state index is 6.00. The van der Waals surface area contributed by atoms with Gasteiger partial charge in [-0.1, -0.05) is 23.7 Å². The second-order valence-corrected chi connectivity index (χ2v) is 6.58. The number of ether oxygens (including phenoxy) is 1. The van der Waals surface area contributed by atoms with Crippen LogP contribution in [0.2, 0.25) is 5.02 Å². The van der Waals surface area contributed by atoms with E-state index in [4.69, 9.17) is 22.1 Å². The van der Waals surface area contributed by atoms with E-state index >= 15 is 0 Å². The average molecular weight is 322 g/mol. The van der Waals surface area contributed by atoms with Gasteiger partial charge in [0.2, 0.25) is 0 Å². The number of anilines is 1. The van der Waals surface area contributed by atoms with Crippen LogP contribution in [0.3, 0.4) is 0 Å². The maximum absolute atomic E-state index is 6.00. The molecule has 2 aromatic carbocycles. The van der Waals surface area contributed by atoms with Gasteiger partial charge in [-0.2, -0.15) is 0 Å². The molecule has 0 aliphatic heterocycles. The summed E-state index contributed by atoms with van der Waals surface area (Å²) in [6, 6.07) is 12.0. The van der Waals surface area contributed by atoms with Gasteiger partial charge in [0.1, 0.15) is 5.75 Å². The molecule has 0 fully saturated rings. The Morgan fingerprint density at radius 2 is 1.95 bits per heavy atom. The van der Waals surface area contributed by atoms with E-state index in [0.717, 1.165) is 29.4 Å². The second kappa shape index (κ2) is 7.62. The summed E-state index contributed by atoms with van der Waals surface area (Å²) in [5.41, 5.74) is 8.72. The molecule has 2 rings (SSSR count). The summed E-state index contributed by atoms with van der Waals surface area (Å²) in [5, 5.41) is 0.617. The Labute approximate surface area is 135 Å². The highest BCUT2D eigenvalue weighted by Crippen LogP contribution is 2.27. The van der Waals surface area contributed by atoms with Crippen molar-refractivity contribution in [2.75, 3.05) is 18.1 Å². The van der Waals surface area contributed by atoms with Crippen molar-refractivity contribution < 1.29 is 4.74 Å². The highest BCUT2D eigenvalue weighted by Gasteiger charge is 2.01. The van der Waals surface area contributed by atoms with Crippen LogP contribution in [0.5, 0.6) is 5.75 Å². The summed E-state index contributed by atoms with van der Waals surface area (Å²) >= 11 is 7.77. The third-order valence-corrected chi connectivity index (χ3v) is 4.54. The number of halogens is 1. The SMILES string of the molecule is Cc1ccc(C)c(OCCCSc2ccc(N)c(Cl)c2)c1. The topological polar surface area (TPSA) is 35.2 Å². The van der Waals surface area contributed by atoms with E-state index in [2.05, 4.69) is 32.0 Å². The summed E-state index contributed by atoms with van der Waals surface area (Å²) in [5.74, 6) is 1.97. The summed E-state index contributed by atoms with van der Waals surface area (Å²) < 4.78 is 5.84. The van der Waals surface area contributed by atoms with Gasteiger partial charge in [-0.25, -0.2) is 0 Å². The minimum atomic E-state index is 0.617. The lowest BCUT2D eigenvalue weighted by Crippen LogP contribution is -2.00. The van der Waals surface area contributed by atoms with Crippen LogP contribution in [0, 0.1) is 13.8 Å². The van der Waals surface area contributed by atoms with E-state index in [-0.39, 0.29) is 0 Å². The van der Waals surface area contributed by atoms with E-state index < -0.39 is 0 Å². The first-order chi connectivity index (χ1) is 10.1. The fraction of sp³-hybridized carbons (Fsp3) is 0.294. The molecule has 0 spiro atoms. The Hall–Kier alpha value is -1.32. The van der Waals surface area contributed by atoms with Crippen LogP contribution in [0.1, 0.15) is 17.5 Å². The van der Waals surface area contributed by atoms with Crippen LogP contribution in [0.4, 0.5) is 5.69 Å². The van der Waals surface area contributed by atoms with Gasteiger partial charge in [0, 0.05) is 10.6 Å². The van der Waals surface area contributed by atoms with Crippen LogP contribution in [0.15, 0.2) is 41.3 Å². The minimum Gasteiger partial charge on any atom is -0.493 e. The minimum absolute atomic E-state index is 0.617. The van der Waals surface area contributed by atoms with E-state index in [1.165, 1.54) is 11.1 Å². The van der Waals surface area contributed by atoms with E-state index in [9.17, 15) is 0 Å². The number of nitrogen functional groups attached to an aromatic ring is 1. The van der Waals surface area contributed by atoms with E-state index in [0.29, 0.717) is 10.7 Å². The molecular formula is C17H20ClNOS. The van der Waals surface area contributed by atoms with E-state index in [1.54, 1.807) is 11.8 Å². The van der Waals surface area contributed by atoms with Gasteiger partial charge >= 0.3 is 0 Å². The summed E-state index contributed by atoms with van der Waals surface area (Å²) in [4.78, 5) is 1.14. The van der Waals surface area contributed by atoms with Crippen molar-refractivity contribution in [3.8, 4) is 5.75 Å². The van der Waals surface area contributed by atoms with Crippen LogP contribution in [-0.4, -0.2) is 12.4 Å². The van der Waals surface area contributed by atoms with Crippen molar-refractivity contribution >= 4 is 29.1 Å². The molecule has 0 atom stereocenters. The molecular weight excluding hydrogens is 302 g/mol. The summed E-state index contributed by atoms with van der Waals surface area (Å²) in [6.45, 7) is 4.87. The molecule has 2 N–H and O–H groups in total. The van der Waals surface area contributed by atoms with Crippen molar-refractivity contribution in [2.24, 2.45) is 0 Å². The van der Waals surface area contributed by atoms with Gasteiger partial charge in [-0.15, -0.1) is 11.8 Å². The third kappa shape index (κ3) is 4.87. The van der Waals surface area contributed by atoms with Crippen molar-refractivity contribution in [3.05, 3.63) is 52.5 Å². The highest BCUT2D eigenvalue weighted by molar-refractivity contribution is 7.99. The molecule has 0 bridgehead atoms. The van der Waals surface area contributed by atoms with Gasteiger partial charge < -0.3 is 10.5 Å². The predicted molar refractivity (Wildman–Crippen MR) is 92.6 cm³/mol. The molecule has 2 aromatic rings. The Kier molecular flexibility index (Phi) is 5.83. The zero-order chi connectivity index (χ0) is 15.2. The molecule has 21 heavy (non-hydrogen) atoms. The first kappa shape index (κ1) is 16.1. The van der Waals surface area contributed by atoms with Gasteiger partial charge in [0.15, 0.2) is 0 Å². The normalized spacial score (nSPS) is 10.6. The highest BCUT2D eigenvalue weighted by atomic mass is 35.5. The summed E-state index contributed by atoms with van der Waals surface area (Å²) in [6.07, 6.45) is 0.986. The van der Waals surface area contributed by atoms with Crippen LogP contribution in [-0.2, 0) is 0 Å².